The topological polar surface area (TPSA) is 92.8 Å². The van der Waals surface area contributed by atoms with Gasteiger partial charge < -0.3 is 9.64 Å². The molecule has 0 saturated carbocycles. The maximum Gasteiger partial charge on any atom is 0.341 e. The second kappa shape index (κ2) is 8.41. The molecule has 7 nitrogen and oxygen atoms in total. The molecule has 0 bridgehead atoms. The van der Waals surface area contributed by atoms with Gasteiger partial charge in [0.05, 0.1) is 10.5 Å². The smallest absolute Gasteiger partial charge is 0.341 e. The first-order chi connectivity index (χ1) is 12.3. The molecule has 26 heavy (non-hydrogen) atoms. The van der Waals surface area contributed by atoms with Crippen molar-refractivity contribution in [1.82, 2.24) is 9.62 Å². The summed E-state index contributed by atoms with van der Waals surface area (Å²) >= 11 is 0. The van der Waals surface area contributed by atoms with Crippen LogP contribution in [0.1, 0.15) is 36.5 Å². The molecule has 142 valence electrons. The van der Waals surface area contributed by atoms with Crippen LogP contribution in [0.5, 0.6) is 0 Å². The third-order valence-electron chi connectivity index (χ3n) is 4.04. The molecular weight excluding hydrogens is 363 g/mol. The fourth-order valence-electron chi connectivity index (χ4n) is 2.67. The Bertz CT molecular complexity index is 836. The molecule has 0 unspecified atom stereocenters. The maximum atomic E-state index is 13.9. The molecule has 9 heteroatoms. The second-order valence-corrected chi connectivity index (χ2v) is 7.54. The molecule has 0 aliphatic heterocycles. The zero-order chi connectivity index (χ0) is 19.3. The summed E-state index contributed by atoms with van der Waals surface area (Å²) in [7, 11) is -2.64. The highest BCUT2D eigenvalue weighted by atomic mass is 32.2. The lowest BCUT2D eigenvalue weighted by Crippen LogP contribution is -2.33. The first-order valence-corrected chi connectivity index (χ1v) is 9.68. The van der Waals surface area contributed by atoms with Crippen LogP contribution >= 0.6 is 0 Å². The van der Waals surface area contributed by atoms with Gasteiger partial charge in [-0.25, -0.2) is 22.3 Å². The molecule has 0 spiro atoms. The van der Waals surface area contributed by atoms with Gasteiger partial charge in [0.15, 0.2) is 6.61 Å². The largest absolute Gasteiger partial charge is 0.452 e. The number of hydrogen-bond acceptors (Lipinski definition) is 5. The lowest BCUT2D eigenvalue weighted by Gasteiger charge is -2.22. The van der Waals surface area contributed by atoms with Crippen molar-refractivity contribution in [3.05, 3.63) is 41.4 Å². The van der Waals surface area contributed by atoms with E-state index in [9.17, 15) is 22.4 Å². The van der Waals surface area contributed by atoms with Crippen LogP contribution in [-0.2, 0) is 19.6 Å². The van der Waals surface area contributed by atoms with E-state index in [4.69, 9.17) is 4.74 Å². The number of hydrogen-bond donors (Lipinski definition) is 1. The van der Waals surface area contributed by atoms with Gasteiger partial charge in [0.2, 0.25) is 10.0 Å². The molecular formula is C17H21FN2O5S. The maximum absolute atomic E-state index is 13.9. The third kappa shape index (κ3) is 4.47. The van der Waals surface area contributed by atoms with E-state index in [-0.39, 0.29) is 4.90 Å². The summed E-state index contributed by atoms with van der Waals surface area (Å²) in [6, 6.07) is 2.78. The van der Waals surface area contributed by atoms with Crippen molar-refractivity contribution >= 4 is 21.9 Å². The number of sulfonamides is 1. The normalized spacial score (nSPS) is 14.0. The summed E-state index contributed by atoms with van der Waals surface area (Å²) < 4.78 is 44.4. The van der Waals surface area contributed by atoms with E-state index in [1.54, 1.807) is 0 Å². The van der Waals surface area contributed by atoms with Gasteiger partial charge in [0.25, 0.3) is 5.91 Å². The van der Waals surface area contributed by atoms with E-state index in [0.717, 1.165) is 43.2 Å². The summed E-state index contributed by atoms with van der Waals surface area (Å²) in [4.78, 5) is 25.6. The SMILES string of the molecule is CCN(C(=O)COC(=O)c1cc(S(=O)(=O)NC)ccc1F)C1=CCCC1. The molecule has 1 aromatic rings. The number of amides is 1. The third-order valence-corrected chi connectivity index (χ3v) is 5.46. The summed E-state index contributed by atoms with van der Waals surface area (Å²) in [5, 5.41) is 0. The van der Waals surface area contributed by atoms with E-state index in [2.05, 4.69) is 4.72 Å². The standard InChI is InChI=1S/C17H21FN2O5S/c1-3-20(12-6-4-5-7-12)16(21)11-25-17(22)14-10-13(8-9-15(14)18)26(23,24)19-2/h6,8-10,19H,3-5,7,11H2,1-2H3. The minimum Gasteiger partial charge on any atom is -0.452 e. The highest BCUT2D eigenvalue weighted by molar-refractivity contribution is 7.89. The second-order valence-electron chi connectivity index (χ2n) is 5.65. The predicted molar refractivity (Wildman–Crippen MR) is 92.2 cm³/mol. The number of ether oxygens (including phenoxy) is 1. The number of rotatable bonds is 7. The van der Waals surface area contributed by atoms with Crippen LogP contribution in [0.2, 0.25) is 0 Å². The number of nitrogens with one attached hydrogen (secondary N) is 1. The Balaban J connectivity index is 2.10. The van der Waals surface area contributed by atoms with Crippen LogP contribution in [0, 0.1) is 5.82 Å². The number of allylic oxidation sites excluding steroid dienone is 2. The van der Waals surface area contributed by atoms with Crippen LogP contribution in [0.15, 0.2) is 34.9 Å². The highest BCUT2D eigenvalue weighted by Crippen LogP contribution is 2.21. The van der Waals surface area contributed by atoms with E-state index in [1.807, 2.05) is 13.0 Å². The lowest BCUT2D eigenvalue weighted by molar-refractivity contribution is -0.132. The van der Waals surface area contributed by atoms with Crippen molar-refractivity contribution in [2.45, 2.75) is 31.1 Å². The van der Waals surface area contributed by atoms with Gasteiger partial charge in [-0.3, -0.25) is 4.79 Å². The Hall–Kier alpha value is -2.26. The van der Waals surface area contributed by atoms with Crippen molar-refractivity contribution in [3.63, 3.8) is 0 Å². The number of halogens is 1. The van der Waals surface area contributed by atoms with Gasteiger partial charge in [0.1, 0.15) is 5.82 Å². The Morgan fingerprint density at radius 1 is 1.35 bits per heavy atom. The Morgan fingerprint density at radius 2 is 2.08 bits per heavy atom. The van der Waals surface area contributed by atoms with Crippen LogP contribution < -0.4 is 4.72 Å². The van der Waals surface area contributed by atoms with E-state index in [1.165, 1.54) is 11.9 Å². The number of carbonyl (C=O) groups excluding carboxylic acids is 2. The van der Waals surface area contributed by atoms with Crippen molar-refractivity contribution in [1.29, 1.82) is 0 Å². The van der Waals surface area contributed by atoms with Gasteiger partial charge in [-0.15, -0.1) is 0 Å². The van der Waals surface area contributed by atoms with E-state index < -0.39 is 39.9 Å². The van der Waals surface area contributed by atoms with Gasteiger partial charge in [0, 0.05) is 12.2 Å². The van der Waals surface area contributed by atoms with Gasteiger partial charge in [-0.1, -0.05) is 6.08 Å². The lowest BCUT2D eigenvalue weighted by atomic mass is 10.2. The van der Waals surface area contributed by atoms with E-state index >= 15 is 0 Å². The number of benzene rings is 1. The van der Waals surface area contributed by atoms with Crippen LogP contribution in [0.25, 0.3) is 0 Å². The average molecular weight is 384 g/mol. The zero-order valence-corrected chi connectivity index (χ0v) is 15.4. The minimum absolute atomic E-state index is 0.272. The molecule has 1 amide bonds. The van der Waals surface area contributed by atoms with Gasteiger partial charge >= 0.3 is 5.97 Å². The predicted octanol–water partition coefficient (Wildman–Crippen LogP) is 1.81. The molecule has 1 aliphatic rings. The summed E-state index contributed by atoms with van der Waals surface area (Å²) in [6.45, 7) is 1.70. The molecule has 0 saturated heterocycles. The fourth-order valence-corrected chi connectivity index (χ4v) is 3.42. The van der Waals surface area contributed by atoms with Gasteiger partial charge in [-0.2, -0.15) is 0 Å². The highest BCUT2D eigenvalue weighted by Gasteiger charge is 2.23. The molecule has 0 heterocycles. The molecule has 0 fully saturated rings. The molecule has 1 N–H and O–H groups in total. The Kier molecular flexibility index (Phi) is 6.49. The Labute approximate surface area is 151 Å². The van der Waals surface area contributed by atoms with Crippen LogP contribution in [0.3, 0.4) is 0 Å². The molecule has 0 atom stereocenters. The Morgan fingerprint density at radius 3 is 2.65 bits per heavy atom. The number of esters is 1. The molecule has 0 aromatic heterocycles. The van der Waals surface area contributed by atoms with Crippen LogP contribution in [-0.4, -0.2) is 45.4 Å². The molecule has 1 aromatic carbocycles. The average Bonchev–Trinajstić information content (AvgIpc) is 3.14. The fraction of sp³-hybridized carbons (Fsp3) is 0.412. The van der Waals surface area contributed by atoms with Crippen molar-refractivity contribution < 1.29 is 27.1 Å². The molecule has 1 aliphatic carbocycles. The number of carbonyl (C=O) groups is 2. The molecule has 2 rings (SSSR count). The minimum atomic E-state index is -3.84. The quantitative estimate of drug-likeness (QED) is 0.724. The zero-order valence-electron chi connectivity index (χ0n) is 14.6. The monoisotopic (exact) mass is 384 g/mol. The van der Waals surface area contributed by atoms with Crippen molar-refractivity contribution in [2.75, 3.05) is 20.2 Å². The van der Waals surface area contributed by atoms with Gasteiger partial charge in [-0.05, 0) is 51.4 Å². The summed E-state index contributed by atoms with van der Waals surface area (Å²) in [5.41, 5.74) is 0.346. The first kappa shape index (κ1) is 20.1. The van der Waals surface area contributed by atoms with Crippen LogP contribution in [0.4, 0.5) is 4.39 Å². The summed E-state index contributed by atoms with van der Waals surface area (Å²) in [5.74, 6) is -2.43. The first-order valence-electron chi connectivity index (χ1n) is 8.19. The van der Waals surface area contributed by atoms with Crippen molar-refractivity contribution in [3.8, 4) is 0 Å². The summed E-state index contributed by atoms with van der Waals surface area (Å²) in [6.07, 6.45) is 4.62. The molecule has 0 radical (unpaired) electrons. The van der Waals surface area contributed by atoms with E-state index in [0.29, 0.717) is 6.54 Å². The number of nitrogens with zero attached hydrogens (tertiary/aromatic N) is 1. The number of likely N-dealkylation sites (N-methyl/N-ethyl adjacent to an activating group) is 1. The van der Waals surface area contributed by atoms with Crippen molar-refractivity contribution in [2.24, 2.45) is 0 Å².